The van der Waals surface area contributed by atoms with Gasteiger partial charge in [-0.25, -0.2) is 0 Å². The smallest absolute Gasteiger partial charge is 0.0777 e. The van der Waals surface area contributed by atoms with E-state index in [2.05, 4.69) is 26.6 Å². The van der Waals surface area contributed by atoms with Crippen LogP contribution in [0.4, 0.5) is 11.4 Å². The van der Waals surface area contributed by atoms with E-state index in [0.717, 1.165) is 34.0 Å². The molecule has 0 spiro atoms. The maximum Gasteiger partial charge on any atom is 0.0777 e. The first kappa shape index (κ1) is 8.20. The second kappa shape index (κ2) is 3.15. The third-order valence-corrected chi connectivity index (χ3v) is 2.81. The first-order chi connectivity index (χ1) is 5.79. The van der Waals surface area contributed by atoms with Crippen molar-refractivity contribution in [3.63, 3.8) is 0 Å². The van der Waals surface area contributed by atoms with E-state index >= 15 is 0 Å². The molecule has 1 heterocycles. The quantitative estimate of drug-likeness (QED) is 0.736. The van der Waals surface area contributed by atoms with Gasteiger partial charge in [0.05, 0.1) is 16.4 Å². The van der Waals surface area contributed by atoms with Crippen LogP contribution in [-0.2, 0) is 0 Å². The summed E-state index contributed by atoms with van der Waals surface area (Å²) < 4.78 is 1.05. The maximum absolute atomic E-state index is 5.99. The normalized spacial score (nSPS) is 14.5. The Morgan fingerprint density at radius 3 is 2.50 bits per heavy atom. The van der Waals surface area contributed by atoms with Crippen molar-refractivity contribution in [1.82, 2.24) is 0 Å². The summed E-state index contributed by atoms with van der Waals surface area (Å²) in [7, 11) is 0. The molecule has 1 aromatic rings. The Labute approximate surface area is 84.4 Å². The highest BCUT2D eigenvalue weighted by Crippen LogP contribution is 2.37. The predicted octanol–water partition coefficient (Wildman–Crippen LogP) is 2.94. The fourth-order valence-corrected chi connectivity index (χ4v) is 1.97. The lowest BCUT2D eigenvalue weighted by molar-refractivity contribution is 1.04. The molecule has 2 nitrogen and oxygen atoms in total. The average Bonchev–Trinajstić information content (AvgIpc) is 2.12. The fraction of sp³-hybridized carbons (Fsp3) is 0.250. The lowest BCUT2D eigenvalue weighted by Gasteiger charge is -2.21. The van der Waals surface area contributed by atoms with Gasteiger partial charge in [-0.1, -0.05) is 11.6 Å². The number of anilines is 2. The molecule has 64 valence electrons. The molecule has 0 saturated carbocycles. The van der Waals surface area contributed by atoms with Crippen molar-refractivity contribution in [2.75, 3.05) is 23.7 Å². The summed E-state index contributed by atoms with van der Waals surface area (Å²) in [6, 6.07) is 3.83. The Kier molecular flexibility index (Phi) is 2.15. The third kappa shape index (κ3) is 1.27. The minimum absolute atomic E-state index is 0.764. The highest BCUT2D eigenvalue weighted by Gasteiger charge is 2.13. The molecule has 0 saturated heterocycles. The van der Waals surface area contributed by atoms with Crippen LogP contribution in [0, 0.1) is 0 Å². The molecular weight excluding hydrogens is 239 g/mol. The average molecular weight is 248 g/mol. The van der Waals surface area contributed by atoms with Gasteiger partial charge in [0.2, 0.25) is 0 Å². The molecule has 0 atom stereocenters. The Bertz CT molecular complexity index is 283. The summed E-state index contributed by atoms with van der Waals surface area (Å²) in [4.78, 5) is 0. The molecule has 4 heteroatoms. The lowest BCUT2D eigenvalue weighted by atomic mass is 10.2. The number of hydrogen-bond donors (Lipinski definition) is 2. The Morgan fingerprint density at radius 2 is 1.83 bits per heavy atom. The molecule has 1 aliphatic rings. The van der Waals surface area contributed by atoms with E-state index in [1.807, 2.05) is 12.1 Å². The van der Waals surface area contributed by atoms with E-state index < -0.39 is 0 Å². The first-order valence-corrected chi connectivity index (χ1v) is 4.92. The van der Waals surface area contributed by atoms with Crippen LogP contribution in [0.2, 0.25) is 5.02 Å². The molecule has 1 aromatic carbocycles. The third-order valence-electron chi connectivity index (χ3n) is 1.83. The number of hydrogen-bond acceptors (Lipinski definition) is 2. The molecule has 0 fully saturated rings. The van der Waals surface area contributed by atoms with Crippen LogP contribution in [0.1, 0.15) is 0 Å². The summed E-state index contributed by atoms with van der Waals surface area (Å²) in [5.41, 5.74) is 2.06. The van der Waals surface area contributed by atoms with E-state index in [-0.39, 0.29) is 0 Å². The van der Waals surface area contributed by atoms with Gasteiger partial charge in [-0.2, -0.15) is 0 Å². The minimum Gasteiger partial charge on any atom is -0.381 e. The van der Waals surface area contributed by atoms with Gasteiger partial charge < -0.3 is 10.6 Å². The number of rotatable bonds is 0. The summed E-state index contributed by atoms with van der Waals surface area (Å²) >= 11 is 9.45. The molecule has 12 heavy (non-hydrogen) atoms. The largest absolute Gasteiger partial charge is 0.381 e. The molecule has 2 N–H and O–H groups in total. The van der Waals surface area contributed by atoms with Crippen LogP contribution in [0.3, 0.4) is 0 Å². The van der Waals surface area contributed by atoms with Crippen molar-refractivity contribution in [2.45, 2.75) is 0 Å². The standard InChI is InChI=1S/C8H8BrClN2/c9-5-1-2-6(10)8-7(5)11-3-4-12-8/h1-2,11-12H,3-4H2. The molecule has 0 aliphatic carbocycles. The van der Waals surface area contributed by atoms with Crippen LogP contribution in [0.15, 0.2) is 16.6 Å². The van der Waals surface area contributed by atoms with Gasteiger partial charge in [0.15, 0.2) is 0 Å². The maximum atomic E-state index is 5.99. The summed E-state index contributed by atoms with van der Waals surface area (Å²) in [5, 5.41) is 7.29. The molecule has 2 rings (SSSR count). The van der Waals surface area contributed by atoms with Crippen molar-refractivity contribution < 1.29 is 0 Å². The number of benzene rings is 1. The highest BCUT2D eigenvalue weighted by molar-refractivity contribution is 9.10. The first-order valence-electron chi connectivity index (χ1n) is 3.75. The Morgan fingerprint density at radius 1 is 1.17 bits per heavy atom. The second-order valence-corrected chi connectivity index (χ2v) is 3.89. The summed E-state index contributed by atoms with van der Waals surface area (Å²) in [6.07, 6.45) is 0. The predicted molar refractivity (Wildman–Crippen MR) is 56.1 cm³/mol. The van der Waals surface area contributed by atoms with E-state index in [4.69, 9.17) is 11.6 Å². The topological polar surface area (TPSA) is 24.1 Å². The van der Waals surface area contributed by atoms with E-state index in [0.29, 0.717) is 0 Å². The zero-order chi connectivity index (χ0) is 8.55. The summed E-state index contributed by atoms with van der Waals surface area (Å²) in [5.74, 6) is 0. The molecule has 0 aromatic heterocycles. The molecule has 0 amide bonds. The van der Waals surface area contributed by atoms with E-state index in [9.17, 15) is 0 Å². The zero-order valence-electron chi connectivity index (χ0n) is 6.32. The fourth-order valence-electron chi connectivity index (χ4n) is 1.27. The summed E-state index contributed by atoms with van der Waals surface area (Å²) in [6.45, 7) is 1.86. The highest BCUT2D eigenvalue weighted by atomic mass is 79.9. The van der Waals surface area contributed by atoms with Gasteiger partial charge in [-0.15, -0.1) is 0 Å². The van der Waals surface area contributed by atoms with Crippen molar-refractivity contribution in [3.8, 4) is 0 Å². The number of nitrogens with one attached hydrogen (secondary N) is 2. The van der Waals surface area contributed by atoms with Gasteiger partial charge in [0.25, 0.3) is 0 Å². The lowest BCUT2D eigenvalue weighted by Crippen LogP contribution is -2.20. The zero-order valence-corrected chi connectivity index (χ0v) is 8.67. The molecule has 0 unspecified atom stereocenters. The van der Waals surface area contributed by atoms with Gasteiger partial charge >= 0.3 is 0 Å². The van der Waals surface area contributed by atoms with Gasteiger partial charge in [0, 0.05) is 17.6 Å². The second-order valence-electron chi connectivity index (χ2n) is 2.63. The molecular formula is C8H8BrClN2. The molecule has 1 aliphatic heterocycles. The molecule has 0 radical (unpaired) electrons. The van der Waals surface area contributed by atoms with Crippen molar-refractivity contribution in [3.05, 3.63) is 21.6 Å². The van der Waals surface area contributed by atoms with Crippen LogP contribution in [-0.4, -0.2) is 13.1 Å². The van der Waals surface area contributed by atoms with Crippen LogP contribution >= 0.6 is 27.5 Å². The Balaban J connectivity index is 2.57. The van der Waals surface area contributed by atoms with Crippen LogP contribution in [0.25, 0.3) is 0 Å². The van der Waals surface area contributed by atoms with Crippen LogP contribution in [0.5, 0.6) is 0 Å². The van der Waals surface area contributed by atoms with E-state index in [1.165, 1.54) is 0 Å². The van der Waals surface area contributed by atoms with Gasteiger partial charge in [0.1, 0.15) is 0 Å². The Hall–Kier alpha value is -0.410. The number of halogens is 2. The molecule has 0 bridgehead atoms. The minimum atomic E-state index is 0.764. The van der Waals surface area contributed by atoms with Gasteiger partial charge in [-0.3, -0.25) is 0 Å². The van der Waals surface area contributed by atoms with Crippen molar-refractivity contribution in [2.24, 2.45) is 0 Å². The van der Waals surface area contributed by atoms with Gasteiger partial charge in [-0.05, 0) is 28.1 Å². The SMILES string of the molecule is Clc1ccc(Br)c2c1NCCN2. The van der Waals surface area contributed by atoms with E-state index in [1.54, 1.807) is 0 Å². The monoisotopic (exact) mass is 246 g/mol. The number of fused-ring (bicyclic) bond motifs is 1. The van der Waals surface area contributed by atoms with Crippen molar-refractivity contribution >= 4 is 38.9 Å². The van der Waals surface area contributed by atoms with Crippen molar-refractivity contribution in [1.29, 1.82) is 0 Å². The van der Waals surface area contributed by atoms with Crippen LogP contribution < -0.4 is 10.6 Å².